The van der Waals surface area contributed by atoms with E-state index in [1.54, 1.807) is 6.07 Å². The fourth-order valence-electron chi connectivity index (χ4n) is 1.51. The average molecular weight is 272 g/mol. The van der Waals surface area contributed by atoms with Crippen LogP contribution in [-0.2, 0) is 17.9 Å². The minimum atomic E-state index is -0.596. The summed E-state index contributed by atoms with van der Waals surface area (Å²) in [4.78, 5) is 3.96. The summed E-state index contributed by atoms with van der Waals surface area (Å²) >= 11 is 5.80. The second-order valence-electron chi connectivity index (χ2n) is 3.59. The predicted octanol–water partition coefficient (Wildman–Crippen LogP) is 2.13. The molecule has 0 aliphatic heterocycles. The fourth-order valence-corrected chi connectivity index (χ4v) is 1.75. The van der Waals surface area contributed by atoms with E-state index in [1.165, 1.54) is 13.2 Å². The van der Waals surface area contributed by atoms with Gasteiger partial charge in [0.15, 0.2) is 5.82 Å². The normalized spacial score (nSPS) is 10.9. The van der Waals surface area contributed by atoms with Crippen LogP contribution in [0.4, 0.5) is 4.39 Å². The van der Waals surface area contributed by atoms with Crippen molar-refractivity contribution >= 4 is 11.6 Å². The van der Waals surface area contributed by atoms with E-state index in [-0.39, 0.29) is 28.8 Å². The molecule has 0 spiro atoms. The van der Waals surface area contributed by atoms with Crippen LogP contribution in [0, 0.1) is 5.82 Å². The number of hydrogen-bond acceptors (Lipinski definition) is 5. The van der Waals surface area contributed by atoms with Gasteiger partial charge in [-0.3, -0.25) is 0 Å². The van der Waals surface area contributed by atoms with Crippen LogP contribution in [0.2, 0.25) is 5.02 Å². The molecule has 0 radical (unpaired) electrons. The van der Waals surface area contributed by atoms with Crippen molar-refractivity contribution in [2.24, 2.45) is 5.73 Å². The summed E-state index contributed by atoms with van der Waals surface area (Å²) in [6, 6.07) is 3.06. The lowest BCUT2D eigenvalue weighted by molar-refractivity contribution is 0.185. The summed E-state index contributed by atoms with van der Waals surface area (Å²) in [5, 5.41) is 3.64. The van der Waals surface area contributed by atoms with Crippen LogP contribution in [0.3, 0.4) is 0 Å². The van der Waals surface area contributed by atoms with Crippen molar-refractivity contribution in [3.8, 4) is 11.4 Å². The largest absolute Gasteiger partial charge is 0.380 e. The molecule has 0 saturated heterocycles. The highest BCUT2D eigenvalue weighted by Crippen LogP contribution is 2.28. The molecular weight excluding hydrogens is 261 g/mol. The maximum Gasteiger partial charge on any atom is 0.240 e. The lowest BCUT2D eigenvalue weighted by Crippen LogP contribution is -1.97. The summed E-state index contributed by atoms with van der Waals surface area (Å²) < 4.78 is 23.7. The Hall–Kier alpha value is -1.50. The maximum atomic E-state index is 13.9. The van der Waals surface area contributed by atoms with E-state index in [9.17, 15) is 4.39 Å². The standard InChI is InChI=1S/C11H11ClFN3O2/c1-17-5-6-2-7(10(13)8(12)3-6)11-15-9(4-14)18-16-11/h2-3H,4-5,14H2,1H3. The Morgan fingerprint density at radius 1 is 1.50 bits per heavy atom. The number of methoxy groups -OCH3 is 1. The van der Waals surface area contributed by atoms with Crippen LogP contribution in [0.5, 0.6) is 0 Å². The maximum absolute atomic E-state index is 13.9. The molecule has 1 aromatic heterocycles. The molecule has 96 valence electrons. The number of nitrogens with zero attached hydrogens (tertiary/aromatic N) is 2. The zero-order valence-corrected chi connectivity index (χ0v) is 10.4. The van der Waals surface area contributed by atoms with E-state index in [2.05, 4.69) is 10.1 Å². The highest BCUT2D eigenvalue weighted by atomic mass is 35.5. The molecule has 0 amide bonds. The lowest BCUT2D eigenvalue weighted by atomic mass is 10.1. The molecule has 2 aromatic rings. The molecule has 0 fully saturated rings. The zero-order valence-electron chi connectivity index (χ0n) is 9.61. The van der Waals surface area contributed by atoms with Crippen LogP contribution < -0.4 is 5.73 Å². The van der Waals surface area contributed by atoms with Crippen molar-refractivity contribution < 1.29 is 13.7 Å². The summed E-state index contributed by atoms with van der Waals surface area (Å²) in [7, 11) is 1.54. The molecule has 1 aromatic carbocycles. The average Bonchev–Trinajstić information content (AvgIpc) is 2.82. The van der Waals surface area contributed by atoms with Gasteiger partial charge in [0.25, 0.3) is 0 Å². The van der Waals surface area contributed by atoms with E-state index < -0.39 is 5.82 Å². The molecule has 5 nitrogen and oxygen atoms in total. The summed E-state index contributed by atoms with van der Waals surface area (Å²) in [5.41, 5.74) is 6.24. The Labute approximate surface area is 108 Å². The van der Waals surface area contributed by atoms with Gasteiger partial charge in [0.2, 0.25) is 11.7 Å². The number of halogens is 2. The van der Waals surface area contributed by atoms with Gasteiger partial charge < -0.3 is 15.0 Å². The molecule has 0 atom stereocenters. The van der Waals surface area contributed by atoms with Gasteiger partial charge in [-0.15, -0.1) is 0 Å². The molecule has 0 aliphatic rings. The predicted molar refractivity (Wildman–Crippen MR) is 63.3 cm³/mol. The first-order valence-corrected chi connectivity index (χ1v) is 5.53. The minimum Gasteiger partial charge on any atom is -0.380 e. The van der Waals surface area contributed by atoms with Crippen LogP contribution in [0.1, 0.15) is 11.5 Å². The van der Waals surface area contributed by atoms with Crippen molar-refractivity contribution in [1.29, 1.82) is 0 Å². The van der Waals surface area contributed by atoms with Gasteiger partial charge in [-0.2, -0.15) is 4.98 Å². The Bertz CT molecular complexity index is 559. The molecule has 0 unspecified atom stereocenters. The number of rotatable bonds is 4. The van der Waals surface area contributed by atoms with E-state index in [0.29, 0.717) is 6.61 Å². The quantitative estimate of drug-likeness (QED) is 0.922. The summed E-state index contributed by atoms with van der Waals surface area (Å²) in [6.45, 7) is 0.411. The van der Waals surface area contributed by atoms with E-state index in [1.807, 2.05) is 0 Å². The summed E-state index contributed by atoms with van der Waals surface area (Å²) in [5.74, 6) is -0.244. The van der Waals surface area contributed by atoms with Gasteiger partial charge in [0.1, 0.15) is 0 Å². The number of hydrogen-bond donors (Lipinski definition) is 1. The van der Waals surface area contributed by atoms with Crippen molar-refractivity contribution in [3.05, 3.63) is 34.4 Å². The highest BCUT2D eigenvalue weighted by Gasteiger charge is 2.16. The SMILES string of the molecule is COCc1cc(Cl)c(F)c(-c2noc(CN)n2)c1. The van der Waals surface area contributed by atoms with Crippen LogP contribution in [0.15, 0.2) is 16.7 Å². The van der Waals surface area contributed by atoms with Gasteiger partial charge in [-0.1, -0.05) is 16.8 Å². The third-order valence-electron chi connectivity index (χ3n) is 2.28. The van der Waals surface area contributed by atoms with Gasteiger partial charge in [-0.25, -0.2) is 4.39 Å². The molecule has 2 rings (SSSR count). The van der Waals surface area contributed by atoms with Gasteiger partial charge in [0.05, 0.1) is 23.7 Å². The second kappa shape index (κ2) is 5.43. The number of ether oxygens (including phenoxy) is 1. The van der Waals surface area contributed by atoms with Crippen molar-refractivity contribution in [2.75, 3.05) is 7.11 Å². The Morgan fingerprint density at radius 2 is 2.28 bits per heavy atom. The van der Waals surface area contributed by atoms with Gasteiger partial charge in [0, 0.05) is 7.11 Å². The van der Waals surface area contributed by atoms with E-state index >= 15 is 0 Å². The third-order valence-corrected chi connectivity index (χ3v) is 2.56. The molecule has 1 heterocycles. The van der Waals surface area contributed by atoms with E-state index in [4.69, 9.17) is 26.6 Å². The Kier molecular flexibility index (Phi) is 3.90. The summed E-state index contributed by atoms with van der Waals surface area (Å²) in [6.07, 6.45) is 0. The van der Waals surface area contributed by atoms with Crippen LogP contribution in [-0.4, -0.2) is 17.3 Å². The van der Waals surface area contributed by atoms with Crippen LogP contribution in [0.25, 0.3) is 11.4 Å². The first-order valence-electron chi connectivity index (χ1n) is 5.15. The van der Waals surface area contributed by atoms with Crippen molar-refractivity contribution in [3.63, 3.8) is 0 Å². The first-order chi connectivity index (χ1) is 8.65. The number of aromatic nitrogens is 2. The topological polar surface area (TPSA) is 74.2 Å². The third kappa shape index (κ3) is 2.50. The zero-order chi connectivity index (χ0) is 13.1. The monoisotopic (exact) mass is 271 g/mol. The fraction of sp³-hybridized carbons (Fsp3) is 0.273. The number of benzene rings is 1. The molecular formula is C11H11ClFN3O2. The van der Waals surface area contributed by atoms with Gasteiger partial charge in [-0.05, 0) is 17.7 Å². The molecule has 0 bridgehead atoms. The Balaban J connectivity index is 2.48. The smallest absolute Gasteiger partial charge is 0.240 e. The minimum absolute atomic E-state index is 0.0151. The molecule has 7 heteroatoms. The molecule has 2 N–H and O–H groups in total. The number of nitrogens with two attached hydrogens (primary N) is 1. The molecule has 0 aliphatic carbocycles. The highest BCUT2D eigenvalue weighted by molar-refractivity contribution is 6.31. The lowest BCUT2D eigenvalue weighted by Gasteiger charge is -2.05. The van der Waals surface area contributed by atoms with E-state index in [0.717, 1.165) is 5.56 Å². The van der Waals surface area contributed by atoms with Gasteiger partial charge >= 0.3 is 0 Å². The van der Waals surface area contributed by atoms with Crippen LogP contribution >= 0.6 is 11.6 Å². The molecule has 18 heavy (non-hydrogen) atoms. The second-order valence-corrected chi connectivity index (χ2v) is 4.00. The first kappa shape index (κ1) is 12.9. The van der Waals surface area contributed by atoms with Crippen molar-refractivity contribution in [2.45, 2.75) is 13.2 Å². The Morgan fingerprint density at radius 3 is 2.89 bits per heavy atom. The molecule has 0 saturated carbocycles. The van der Waals surface area contributed by atoms with Crippen molar-refractivity contribution in [1.82, 2.24) is 10.1 Å².